The summed E-state index contributed by atoms with van der Waals surface area (Å²) in [4.78, 5) is 10.6. The summed E-state index contributed by atoms with van der Waals surface area (Å²) in [7, 11) is 0. The molecule has 0 amide bonds. The fourth-order valence-electron chi connectivity index (χ4n) is 2.48. The summed E-state index contributed by atoms with van der Waals surface area (Å²) in [5.41, 5.74) is 3.47. The van der Waals surface area contributed by atoms with E-state index >= 15 is 0 Å². The third-order valence-electron chi connectivity index (χ3n) is 3.58. The molecule has 23 heavy (non-hydrogen) atoms. The number of rotatable bonds is 6. The maximum atomic E-state index is 10.6. The van der Waals surface area contributed by atoms with Gasteiger partial charge in [0.05, 0.1) is 6.21 Å². The molecule has 0 heterocycles. The predicted molar refractivity (Wildman–Crippen MR) is 92.9 cm³/mol. The number of aliphatic carboxylic acids is 1. The molecule has 1 aromatic carbocycles. The average Bonchev–Trinajstić information content (AvgIpc) is 2.55. The molecule has 0 saturated heterocycles. The molecule has 0 spiro atoms. The van der Waals surface area contributed by atoms with Crippen LogP contribution in [0, 0.1) is 0 Å². The number of benzene rings is 1. The van der Waals surface area contributed by atoms with Crippen molar-refractivity contribution in [1.29, 1.82) is 0 Å². The Bertz CT molecular complexity index is 571. The quantitative estimate of drug-likeness (QED) is 0.420. The van der Waals surface area contributed by atoms with E-state index in [1.54, 1.807) is 24.4 Å². The fourth-order valence-corrected chi connectivity index (χ4v) is 2.70. The normalized spacial score (nSPS) is 15.3. The number of hydrogen-bond acceptors (Lipinski definition) is 4. The van der Waals surface area contributed by atoms with Gasteiger partial charge in [-0.2, -0.15) is 5.10 Å². The van der Waals surface area contributed by atoms with Gasteiger partial charge in [0, 0.05) is 11.6 Å². The van der Waals surface area contributed by atoms with E-state index in [4.69, 9.17) is 22.1 Å². The van der Waals surface area contributed by atoms with E-state index in [1.165, 1.54) is 19.3 Å². The molecular weight excluding hydrogens is 314 g/mol. The number of carbonyl (C=O) groups is 1. The largest absolute Gasteiger partial charge is 0.481 e. The van der Waals surface area contributed by atoms with Crippen LogP contribution >= 0.6 is 12.2 Å². The number of hydrazone groups is 1. The molecule has 6 nitrogen and oxygen atoms in total. The zero-order chi connectivity index (χ0) is 16.5. The predicted octanol–water partition coefficient (Wildman–Crippen LogP) is 2.28. The molecule has 3 N–H and O–H groups in total. The maximum absolute atomic E-state index is 10.6. The second kappa shape index (κ2) is 9.09. The van der Waals surface area contributed by atoms with Crippen molar-refractivity contribution in [3.63, 3.8) is 0 Å². The van der Waals surface area contributed by atoms with Crippen LogP contribution in [0.1, 0.15) is 37.7 Å². The highest BCUT2D eigenvalue weighted by Crippen LogP contribution is 2.17. The third kappa shape index (κ3) is 6.23. The molecule has 2 rings (SSSR count). The van der Waals surface area contributed by atoms with Gasteiger partial charge in [0.1, 0.15) is 5.75 Å². The number of para-hydroxylation sites is 1. The van der Waals surface area contributed by atoms with Crippen molar-refractivity contribution in [2.24, 2.45) is 5.10 Å². The van der Waals surface area contributed by atoms with E-state index in [0.717, 1.165) is 12.8 Å². The van der Waals surface area contributed by atoms with Crippen LogP contribution in [0.15, 0.2) is 29.4 Å². The minimum absolute atomic E-state index is 0.389. The Morgan fingerprint density at radius 3 is 2.83 bits per heavy atom. The molecule has 0 radical (unpaired) electrons. The minimum Gasteiger partial charge on any atom is -0.481 e. The number of carboxylic acids is 1. The van der Waals surface area contributed by atoms with Crippen molar-refractivity contribution in [2.45, 2.75) is 38.1 Å². The highest BCUT2D eigenvalue weighted by molar-refractivity contribution is 7.80. The fraction of sp³-hybridized carbons (Fsp3) is 0.438. The van der Waals surface area contributed by atoms with Crippen molar-refractivity contribution in [2.75, 3.05) is 6.61 Å². The lowest BCUT2D eigenvalue weighted by atomic mass is 9.96. The summed E-state index contributed by atoms with van der Waals surface area (Å²) in [5.74, 6) is -0.556. The summed E-state index contributed by atoms with van der Waals surface area (Å²) in [6, 6.07) is 7.51. The molecule has 1 aliphatic rings. The van der Waals surface area contributed by atoms with Gasteiger partial charge in [0.2, 0.25) is 0 Å². The molecule has 0 unspecified atom stereocenters. The van der Waals surface area contributed by atoms with Gasteiger partial charge in [-0.3, -0.25) is 5.43 Å². The van der Waals surface area contributed by atoms with E-state index in [-0.39, 0.29) is 6.61 Å². The highest BCUT2D eigenvalue weighted by Gasteiger charge is 2.13. The van der Waals surface area contributed by atoms with Gasteiger partial charge < -0.3 is 15.2 Å². The van der Waals surface area contributed by atoms with E-state index in [2.05, 4.69) is 15.8 Å². The lowest BCUT2D eigenvalue weighted by molar-refractivity contribution is -0.139. The zero-order valence-corrected chi connectivity index (χ0v) is 13.6. The van der Waals surface area contributed by atoms with Crippen LogP contribution in [0.5, 0.6) is 5.75 Å². The molecule has 0 aliphatic heterocycles. The zero-order valence-electron chi connectivity index (χ0n) is 12.8. The van der Waals surface area contributed by atoms with Crippen LogP contribution in [0.25, 0.3) is 0 Å². The summed E-state index contributed by atoms with van der Waals surface area (Å²) in [6.45, 7) is -0.389. The number of thiocarbonyl (C=S) groups is 1. The molecule has 1 saturated carbocycles. The Kier molecular flexibility index (Phi) is 6.80. The molecule has 0 atom stereocenters. The molecule has 7 heteroatoms. The summed E-state index contributed by atoms with van der Waals surface area (Å²) < 4.78 is 5.21. The number of carboxylic acid groups (broad SMARTS) is 1. The van der Waals surface area contributed by atoms with E-state index in [9.17, 15) is 4.79 Å². The highest BCUT2D eigenvalue weighted by atomic mass is 32.1. The Labute approximate surface area is 140 Å². The Morgan fingerprint density at radius 1 is 1.35 bits per heavy atom. The molecule has 1 aliphatic carbocycles. The second-order valence-corrected chi connectivity index (χ2v) is 5.81. The SMILES string of the molecule is O=C(O)COc1ccccc1/C=N/NC(=S)NC1CCCCC1. The van der Waals surface area contributed by atoms with Gasteiger partial charge in [-0.15, -0.1) is 0 Å². The van der Waals surface area contributed by atoms with E-state index in [1.807, 2.05) is 6.07 Å². The first-order chi connectivity index (χ1) is 11.1. The van der Waals surface area contributed by atoms with Gasteiger partial charge in [0.15, 0.2) is 11.7 Å². The topological polar surface area (TPSA) is 83.0 Å². The molecule has 1 aromatic rings. The van der Waals surface area contributed by atoms with Gasteiger partial charge in [-0.25, -0.2) is 4.79 Å². The lowest BCUT2D eigenvalue weighted by Gasteiger charge is -2.23. The van der Waals surface area contributed by atoms with Crippen LogP contribution in [0.4, 0.5) is 0 Å². The molecule has 0 aromatic heterocycles. The minimum atomic E-state index is -1.02. The standard InChI is InChI=1S/C16H21N3O3S/c20-15(21)11-22-14-9-5-4-6-12(14)10-17-19-16(23)18-13-7-2-1-3-8-13/h4-6,9-10,13H,1-3,7-8,11H2,(H,20,21)(H2,18,19,23)/b17-10+. The molecule has 1 fully saturated rings. The Hall–Kier alpha value is -2.15. The molecular formula is C16H21N3O3S. The smallest absolute Gasteiger partial charge is 0.341 e. The number of nitrogens with one attached hydrogen (secondary N) is 2. The van der Waals surface area contributed by atoms with Crippen LogP contribution in [0.2, 0.25) is 0 Å². The van der Waals surface area contributed by atoms with Gasteiger partial charge in [-0.05, 0) is 37.2 Å². The first kappa shape index (κ1) is 17.2. The van der Waals surface area contributed by atoms with Crippen LogP contribution < -0.4 is 15.5 Å². The average molecular weight is 335 g/mol. The van der Waals surface area contributed by atoms with Crippen molar-refractivity contribution >= 4 is 29.5 Å². The first-order valence-electron chi connectivity index (χ1n) is 7.68. The summed E-state index contributed by atoms with van der Waals surface area (Å²) in [5, 5.41) is 16.5. The number of nitrogens with zero attached hydrogens (tertiary/aromatic N) is 1. The van der Waals surface area contributed by atoms with Gasteiger partial charge in [0.25, 0.3) is 0 Å². The first-order valence-corrected chi connectivity index (χ1v) is 8.09. The van der Waals surface area contributed by atoms with Crippen molar-refractivity contribution in [3.05, 3.63) is 29.8 Å². The van der Waals surface area contributed by atoms with Crippen LogP contribution in [-0.2, 0) is 4.79 Å². The molecule has 124 valence electrons. The summed E-state index contributed by atoms with van der Waals surface area (Å²) >= 11 is 5.22. The second-order valence-electron chi connectivity index (χ2n) is 5.40. The van der Waals surface area contributed by atoms with Gasteiger partial charge >= 0.3 is 5.97 Å². The monoisotopic (exact) mass is 335 g/mol. The maximum Gasteiger partial charge on any atom is 0.341 e. The van der Waals surface area contributed by atoms with Crippen molar-refractivity contribution < 1.29 is 14.6 Å². The number of hydrogen-bond donors (Lipinski definition) is 3. The van der Waals surface area contributed by atoms with Crippen molar-refractivity contribution in [1.82, 2.24) is 10.7 Å². The van der Waals surface area contributed by atoms with E-state index < -0.39 is 5.97 Å². The van der Waals surface area contributed by atoms with Crippen LogP contribution in [0.3, 0.4) is 0 Å². The van der Waals surface area contributed by atoms with Gasteiger partial charge in [-0.1, -0.05) is 31.4 Å². The van der Waals surface area contributed by atoms with Crippen molar-refractivity contribution in [3.8, 4) is 5.75 Å². The Balaban J connectivity index is 1.84. The molecule has 0 bridgehead atoms. The number of ether oxygens (including phenoxy) is 1. The van der Waals surface area contributed by atoms with E-state index in [0.29, 0.717) is 22.5 Å². The summed E-state index contributed by atoms with van der Waals surface area (Å²) in [6.07, 6.45) is 7.60. The van der Waals surface area contributed by atoms with Crippen LogP contribution in [-0.4, -0.2) is 35.1 Å². The Morgan fingerprint density at radius 2 is 2.09 bits per heavy atom. The third-order valence-corrected chi connectivity index (χ3v) is 3.79. The lowest BCUT2D eigenvalue weighted by Crippen LogP contribution is -2.40.